The zero-order valence-electron chi connectivity index (χ0n) is 17.0. The molecule has 1 N–H and O–H groups in total. The van der Waals surface area contributed by atoms with Gasteiger partial charge in [0.25, 0.3) is 0 Å². The molecule has 29 heavy (non-hydrogen) atoms. The van der Waals surface area contributed by atoms with Gasteiger partial charge in [0.2, 0.25) is 5.91 Å². The van der Waals surface area contributed by atoms with Crippen LogP contribution in [0, 0.1) is 5.92 Å². The molecule has 6 nitrogen and oxygen atoms in total. The molecule has 2 aromatic rings. The van der Waals surface area contributed by atoms with Gasteiger partial charge in [0.15, 0.2) is 0 Å². The Hall–Kier alpha value is -1.83. The van der Waals surface area contributed by atoms with Crippen molar-refractivity contribution in [3.8, 4) is 0 Å². The van der Waals surface area contributed by atoms with Crippen LogP contribution in [0.15, 0.2) is 36.1 Å². The minimum Gasteiger partial charge on any atom is -0.355 e. The van der Waals surface area contributed by atoms with Crippen LogP contribution in [-0.2, 0) is 17.8 Å². The minimum atomic E-state index is 0.133. The molecule has 4 heterocycles. The molecule has 2 saturated heterocycles. The SMILES string of the molecule is O=C(NCCc1nccs1)[C@@H]1CCCN(C2CCN(Cc3cccnc3)CC2)C1. The maximum atomic E-state index is 12.6. The first-order valence-corrected chi connectivity index (χ1v) is 11.7. The van der Waals surface area contributed by atoms with Crippen molar-refractivity contribution in [3.05, 3.63) is 46.7 Å². The molecule has 0 saturated carbocycles. The molecular weight excluding hydrogens is 382 g/mol. The summed E-state index contributed by atoms with van der Waals surface area (Å²) in [5, 5.41) is 6.21. The third-order valence-corrected chi connectivity index (χ3v) is 6.99. The summed E-state index contributed by atoms with van der Waals surface area (Å²) in [6.07, 6.45) is 11.0. The second-order valence-electron chi connectivity index (χ2n) is 8.17. The maximum absolute atomic E-state index is 12.6. The van der Waals surface area contributed by atoms with Gasteiger partial charge >= 0.3 is 0 Å². The minimum absolute atomic E-state index is 0.133. The van der Waals surface area contributed by atoms with Crippen LogP contribution in [-0.4, -0.2) is 64.4 Å². The van der Waals surface area contributed by atoms with Crippen molar-refractivity contribution >= 4 is 17.2 Å². The van der Waals surface area contributed by atoms with E-state index in [0.717, 1.165) is 57.0 Å². The number of piperidine rings is 2. The van der Waals surface area contributed by atoms with E-state index in [-0.39, 0.29) is 11.8 Å². The number of pyridine rings is 1. The number of likely N-dealkylation sites (tertiary alicyclic amines) is 2. The molecule has 7 heteroatoms. The van der Waals surface area contributed by atoms with Crippen molar-refractivity contribution in [3.63, 3.8) is 0 Å². The lowest BCUT2D eigenvalue weighted by Gasteiger charge is -2.42. The first-order valence-electron chi connectivity index (χ1n) is 10.8. The maximum Gasteiger partial charge on any atom is 0.224 e. The van der Waals surface area contributed by atoms with E-state index in [1.54, 1.807) is 11.3 Å². The quantitative estimate of drug-likeness (QED) is 0.756. The normalized spacial score (nSPS) is 21.9. The second-order valence-corrected chi connectivity index (χ2v) is 9.15. The van der Waals surface area contributed by atoms with E-state index in [4.69, 9.17) is 0 Å². The van der Waals surface area contributed by atoms with Crippen molar-refractivity contribution in [1.29, 1.82) is 0 Å². The Morgan fingerprint density at radius 2 is 2.10 bits per heavy atom. The summed E-state index contributed by atoms with van der Waals surface area (Å²) in [5.41, 5.74) is 1.29. The van der Waals surface area contributed by atoms with Gasteiger partial charge in [0.1, 0.15) is 0 Å². The number of carbonyl (C=O) groups is 1. The van der Waals surface area contributed by atoms with Crippen molar-refractivity contribution < 1.29 is 4.79 Å². The van der Waals surface area contributed by atoms with E-state index in [9.17, 15) is 4.79 Å². The van der Waals surface area contributed by atoms with Gasteiger partial charge in [0.05, 0.1) is 10.9 Å². The summed E-state index contributed by atoms with van der Waals surface area (Å²) < 4.78 is 0. The van der Waals surface area contributed by atoms with Crippen LogP contribution in [0.25, 0.3) is 0 Å². The molecule has 0 aromatic carbocycles. The fraction of sp³-hybridized carbons (Fsp3) is 0.591. The van der Waals surface area contributed by atoms with Gasteiger partial charge in [-0.3, -0.25) is 19.6 Å². The summed E-state index contributed by atoms with van der Waals surface area (Å²) in [7, 11) is 0. The van der Waals surface area contributed by atoms with E-state index in [2.05, 4.69) is 31.2 Å². The van der Waals surface area contributed by atoms with E-state index >= 15 is 0 Å². The molecule has 1 atom stereocenters. The first-order chi connectivity index (χ1) is 14.3. The number of nitrogens with one attached hydrogen (secondary N) is 1. The number of thiazole rings is 1. The van der Waals surface area contributed by atoms with Gasteiger partial charge in [-0.1, -0.05) is 6.07 Å². The molecule has 0 bridgehead atoms. The van der Waals surface area contributed by atoms with Gasteiger partial charge in [-0.15, -0.1) is 11.3 Å². The highest BCUT2D eigenvalue weighted by Gasteiger charge is 2.31. The molecule has 2 aliphatic heterocycles. The van der Waals surface area contributed by atoms with Crippen LogP contribution in [0.1, 0.15) is 36.3 Å². The molecule has 2 fully saturated rings. The summed E-state index contributed by atoms with van der Waals surface area (Å²) in [6, 6.07) is 4.78. The lowest BCUT2D eigenvalue weighted by atomic mass is 9.93. The summed E-state index contributed by atoms with van der Waals surface area (Å²) in [4.78, 5) is 26.3. The third-order valence-electron chi connectivity index (χ3n) is 6.15. The van der Waals surface area contributed by atoms with Gasteiger partial charge in [-0.25, -0.2) is 4.98 Å². The Balaban J connectivity index is 1.20. The standard InChI is InChI=1S/C22H31N5OS/c28-22(25-9-5-21-24-10-14-29-21)19-4-2-11-27(17-19)20-6-12-26(13-7-20)16-18-3-1-8-23-15-18/h1,3,8,10,14-15,19-20H,2,4-7,9,11-13,16-17H2,(H,25,28)/t19-/m1/s1. The highest BCUT2D eigenvalue weighted by Crippen LogP contribution is 2.24. The molecule has 4 rings (SSSR count). The number of hydrogen-bond acceptors (Lipinski definition) is 6. The lowest BCUT2D eigenvalue weighted by Crippen LogP contribution is -2.50. The van der Waals surface area contributed by atoms with Crippen molar-refractivity contribution in [2.45, 2.75) is 44.7 Å². The predicted molar refractivity (Wildman–Crippen MR) is 116 cm³/mol. The monoisotopic (exact) mass is 413 g/mol. The Morgan fingerprint density at radius 3 is 2.86 bits per heavy atom. The second kappa shape index (κ2) is 10.3. The van der Waals surface area contributed by atoms with Crippen molar-refractivity contribution in [1.82, 2.24) is 25.1 Å². The highest BCUT2D eigenvalue weighted by atomic mass is 32.1. The van der Waals surface area contributed by atoms with Gasteiger partial charge < -0.3 is 5.32 Å². The summed E-state index contributed by atoms with van der Waals surface area (Å²) in [6.45, 7) is 5.98. The Morgan fingerprint density at radius 1 is 1.21 bits per heavy atom. The Bertz CT molecular complexity index is 746. The number of aromatic nitrogens is 2. The van der Waals surface area contributed by atoms with E-state index in [0.29, 0.717) is 12.6 Å². The van der Waals surface area contributed by atoms with Crippen LogP contribution < -0.4 is 5.32 Å². The smallest absolute Gasteiger partial charge is 0.224 e. The Labute approximate surface area is 177 Å². The van der Waals surface area contributed by atoms with Crippen LogP contribution in [0.4, 0.5) is 0 Å². The zero-order chi connectivity index (χ0) is 19.9. The van der Waals surface area contributed by atoms with Crippen LogP contribution in [0.2, 0.25) is 0 Å². The van der Waals surface area contributed by atoms with E-state index in [1.165, 1.54) is 18.4 Å². The fourth-order valence-electron chi connectivity index (χ4n) is 4.56. The van der Waals surface area contributed by atoms with Crippen LogP contribution in [0.5, 0.6) is 0 Å². The number of hydrogen-bond donors (Lipinski definition) is 1. The molecular formula is C22H31N5OS. The average molecular weight is 414 g/mol. The highest BCUT2D eigenvalue weighted by molar-refractivity contribution is 7.09. The third kappa shape index (κ3) is 5.84. The number of amides is 1. The average Bonchev–Trinajstić information content (AvgIpc) is 3.29. The van der Waals surface area contributed by atoms with Gasteiger partial charge in [-0.2, -0.15) is 0 Å². The molecule has 0 aliphatic carbocycles. The number of rotatable bonds is 7. The molecule has 0 spiro atoms. The fourth-order valence-corrected chi connectivity index (χ4v) is 5.18. The largest absolute Gasteiger partial charge is 0.355 e. The zero-order valence-corrected chi connectivity index (χ0v) is 17.8. The van der Waals surface area contributed by atoms with E-state index < -0.39 is 0 Å². The lowest BCUT2D eigenvalue weighted by molar-refractivity contribution is -0.127. The van der Waals surface area contributed by atoms with Crippen molar-refractivity contribution in [2.24, 2.45) is 5.92 Å². The summed E-state index contributed by atoms with van der Waals surface area (Å²) in [5.74, 6) is 0.355. The van der Waals surface area contributed by atoms with Gasteiger partial charge in [0, 0.05) is 56.1 Å². The topological polar surface area (TPSA) is 61.4 Å². The molecule has 0 radical (unpaired) electrons. The van der Waals surface area contributed by atoms with Crippen LogP contribution in [0.3, 0.4) is 0 Å². The molecule has 156 valence electrons. The summed E-state index contributed by atoms with van der Waals surface area (Å²) >= 11 is 1.65. The van der Waals surface area contributed by atoms with Crippen LogP contribution >= 0.6 is 11.3 Å². The molecule has 0 unspecified atom stereocenters. The Kier molecular flexibility index (Phi) is 7.24. The van der Waals surface area contributed by atoms with Gasteiger partial charge in [-0.05, 0) is 56.9 Å². The predicted octanol–water partition coefficient (Wildman–Crippen LogP) is 2.57. The molecule has 1 amide bonds. The molecule has 2 aliphatic rings. The number of carbonyl (C=O) groups excluding carboxylic acids is 1. The molecule has 2 aromatic heterocycles. The van der Waals surface area contributed by atoms with Crippen molar-refractivity contribution in [2.75, 3.05) is 32.7 Å². The first kappa shape index (κ1) is 20.4. The number of nitrogens with zero attached hydrogens (tertiary/aromatic N) is 4. The van der Waals surface area contributed by atoms with E-state index in [1.807, 2.05) is 30.0 Å².